The number of fused-ring (bicyclic) bond motifs is 1. The summed E-state index contributed by atoms with van der Waals surface area (Å²) in [5, 5.41) is 10.7. The van der Waals surface area contributed by atoms with E-state index in [0.29, 0.717) is 10.0 Å². The molecule has 4 rings (SSSR count). The lowest BCUT2D eigenvalue weighted by atomic mass is 10.1. The third kappa shape index (κ3) is 5.16. The number of benzene rings is 2. The second-order valence-electron chi connectivity index (χ2n) is 7.15. The monoisotopic (exact) mass is 520 g/mol. The number of hydrogen-bond acceptors (Lipinski definition) is 10. The highest BCUT2D eigenvalue weighted by Gasteiger charge is 2.38. The van der Waals surface area contributed by atoms with Crippen LogP contribution in [0.15, 0.2) is 57.8 Å². The molecule has 1 aromatic heterocycles. The molecule has 34 heavy (non-hydrogen) atoms. The SMILES string of the molecule is COC(=O)CSc1nnc(NC(=O)[C@@H]2CN(S(=O)(=O)c3ccccc3)c3ccc(C)cc3O2)s1. The van der Waals surface area contributed by atoms with Crippen LogP contribution in [-0.4, -0.2) is 56.0 Å². The van der Waals surface area contributed by atoms with Crippen molar-refractivity contribution in [3.63, 3.8) is 0 Å². The summed E-state index contributed by atoms with van der Waals surface area (Å²) in [4.78, 5) is 24.4. The summed E-state index contributed by atoms with van der Waals surface area (Å²) in [5.74, 6) is -0.624. The van der Waals surface area contributed by atoms with E-state index in [9.17, 15) is 18.0 Å². The molecule has 0 saturated carbocycles. The summed E-state index contributed by atoms with van der Waals surface area (Å²) < 4.78 is 38.9. The predicted molar refractivity (Wildman–Crippen MR) is 128 cm³/mol. The highest BCUT2D eigenvalue weighted by Crippen LogP contribution is 2.38. The molecule has 1 amide bonds. The van der Waals surface area contributed by atoms with E-state index in [4.69, 9.17) is 4.74 Å². The van der Waals surface area contributed by atoms with E-state index in [1.165, 1.54) is 23.5 Å². The fourth-order valence-electron chi connectivity index (χ4n) is 3.13. The molecular weight excluding hydrogens is 500 g/mol. The largest absolute Gasteiger partial charge is 0.476 e. The first-order chi connectivity index (χ1) is 16.3. The molecule has 3 aromatic rings. The van der Waals surface area contributed by atoms with Gasteiger partial charge in [0, 0.05) is 0 Å². The molecular formula is C21H20N4O6S3. The number of aromatic nitrogens is 2. The highest BCUT2D eigenvalue weighted by molar-refractivity contribution is 8.01. The average molecular weight is 521 g/mol. The number of aryl methyl sites for hydroxylation is 1. The molecule has 0 radical (unpaired) electrons. The number of rotatable bonds is 7. The molecule has 1 aliphatic heterocycles. The van der Waals surface area contributed by atoms with Crippen molar-refractivity contribution in [1.82, 2.24) is 10.2 Å². The fraction of sp³-hybridized carbons (Fsp3) is 0.238. The van der Waals surface area contributed by atoms with E-state index in [-0.39, 0.29) is 28.1 Å². The summed E-state index contributed by atoms with van der Waals surface area (Å²) in [6.07, 6.45) is -1.12. The molecule has 1 N–H and O–H groups in total. The van der Waals surface area contributed by atoms with Crippen LogP contribution in [0.1, 0.15) is 5.56 Å². The zero-order valence-corrected chi connectivity index (χ0v) is 20.6. The minimum absolute atomic E-state index is 0.0628. The molecule has 13 heteroatoms. The second-order valence-corrected chi connectivity index (χ2v) is 11.2. The lowest BCUT2D eigenvalue weighted by Gasteiger charge is -2.34. The number of amides is 1. The van der Waals surface area contributed by atoms with E-state index in [0.717, 1.165) is 28.7 Å². The standard InChI is InChI=1S/C21H20N4O6S3/c1-13-8-9-15-16(10-13)31-17(11-25(15)34(28,29)14-6-4-3-5-7-14)19(27)22-20-23-24-21(33-20)32-12-18(26)30-2/h3-10,17H,11-12H2,1-2H3,(H,22,23,27)/t17-/m0/s1. The van der Waals surface area contributed by atoms with Crippen LogP contribution in [0, 0.1) is 6.92 Å². The Balaban J connectivity index is 1.56. The molecule has 2 heterocycles. The summed E-state index contributed by atoms with van der Waals surface area (Å²) in [5.41, 5.74) is 1.21. The molecule has 1 aliphatic rings. The number of esters is 1. The van der Waals surface area contributed by atoms with Crippen molar-refractivity contribution in [3.05, 3.63) is 54.1 Å². The Labute approximate surface area is 204 Å². The van der Waals surface area contributed by atoms with Crippen LogP contribution in [-0.2, 0) is 24.3 Å². The maximum atomic E-state index is 13.4. The Kier molecular flexibility index (Phi) is 7.05. The van der Waals surface area contributed by atoms with Gasteiger partial charge in [-0.05, 0) is 36.8 Å². The Morgan fingerprint density at radius 2 is 2.00 bits per heavy atom. The summed E-state index contributed by atoms with van der Waals surface area (Å²) >= 11 is 2.21. The van der Waals surface area contributed by atoms with E-state index >= 15 is 0 Å². The van der Waals surface area contributed by atoms with Crippen molar-refractivity contribution >= 4 is 55.8 Å². The van der Waals surface area contributed by atoms with Gasteiger partial charge in [-0.15, -0.1) is 10.2 Å². The number of nitrogens with zero attached hydrogens (tertiary/aromatic N) is 3. The number of thioether (sulfide) groups is 1. The van der Waals surface area contributed by atoms with Crippen LogP contribution in [0.25, 0.3) is 0 Å². The molecule has 0 unspecified atom stereocenters. The molecule has 1 atom stereocenters. The highest BCUT2D eigenvalue weighted by atomic mass is 32.2. The average Bonchev–Trinajstić information content (AvgIpc) is 3.29. The van der Waals surface area contributed by atoms with Crippen molar-refractivity contribution in [3.8, 4) is 5.75 Å². The number of carbonyl (C=O) groups is 2. The van der Waals surface area contributed by atoms with Crippen molar-refractivity contribution < 1.29 is 27.5 Å². The van der Waals surface area contributed by atoms with Gasteiger partial charge in [-0.1, -0.05) is 47.4 Å². The molecule has 0 spiro atoms. The van der Waals surface area contributed by atoms with Crippen LogP contribution < -0.4 is 14.4 Å². The minimum atomic E-state index is -3.94. The Morgan fingerprint density at radius 1 is 1.24 bits per heavy atom. The third-order valence-corrected chi connectivity index (χ3v) is 8.53. The van der Waals surface area contributed by atoms with Crippen LogP contribution >= 0.6 is 23.1 Å². The lowest BCUT2D eigenvalue weighted by Crippen LogP contribution is -2.48. The van der Waals surface area contributed by atoms with Gasteiger partial charge in [-0.3, -0.25) is 19.2 Å². The number of sulfonamides is 1. The van der Waals surface area contributed by atoms with Gasteiger partial charge >= 0.3 is 5.97 Å². The quantitative estimate of drug-likeness (QED) is 0.284. The summed E-state index contributed by atoms with van der Waals surface area (Å²) in [6.45, 7) is 1.62. The van der Waals surface area contributed by atoms with Crippen molar-refractivity contribution in [2.45, 2.75) is 22.3 Å². The van der Waals surface area contributed by atoms with Gasteiger partial charge in [0.05, 0.1) is 30.0 Å². The van der Waals surface area contributed by atoms with Crippen molar-refractivity contribution in [2.24, 2.45) is 0 Å². The Morgan fingerprint density at radius 3 is 2.74 bits per heavy atom. The normalized spacial score (nSPS) is 15.2. The second kappa shape index (κ2) is 9.99. The van der Waals surface area contributed by atoms with Gasteiger partial charge in [0.2, 0.25) is 5.13 Å². The minimum Gasteiger partial charge on any atom is -0.476 e. The molecule has 0 bridgehead atoms. The first-order valence-electron chi connectivity index (χ1n) is 9.97. The first-order valence-corrected chi connectivity index (χ1v) is 13.2. The molecule has 2 aromatic carbocycles. The number of carbonyl (C=O) groups excluding carboxylic acids is 2. The maximum absolute atomic E-state index is 13.4. The fourth-order valence-corrected chi connectivity index (χ4v) is 6.21. The topological polar surface area (TPSA) is 128 Å². The van der Waals surface area contributed by atoms with E-state index in [1.54, 1.807) is 36.4 Å². The van der Waals surface area contributed by atoms with E-state index < -0.39 is 28.0 Å². The third-order valence-electron chi connectivity index (χ3n) is 4.79. The molecule has 178 valence electrons. The zero-order chi connectivity index (χ0) is 24.3. The number of nitrogens with one attached hydrogen (secondary N) is 1. The predicted octanol–water partition coefficient (Wildman–Crippen LogP) is 2.71. The number of anilines is 2. The van der Waals surface area contributed by atoms with Crippen LogP contribution in [0.3, 0.4) is 0 Å². The number of methoxy groups -OCH3 is 1. The van der Waals surface area contributed by atoms with Gasteiger partial charge in [0.15, 0.2) is 10.4 Å². The molecule has 0 aliphatic carbocycles. The smallest absolute Gasteiger partial charge is 0.316 e. The van der Waals surface area contributed by atoms with Gasteiger partial charge in [-0.25, -0.2) is 8.42 Å². The zero-order valence-electron chi connectivity index (χ0n) is 18.1. The summed E-state index contributed by atoms with van der Waals surface area (Å²) in [7, 11) is -2.65. The first kappa shape index (κ1) is 24.0. The Hall–Kier alpha value is -3.16. The Bertz CT molecular complexity index is 1310. The lowest BCUT2D eigenvalue weighted by molar-refractivity contribution is -0.137. The van der Waals surface area contributed by atoms with Crippen LogP contribution in [0.5, 0.6) is 5.75 Å². The van der Waals surface area contributed by atoms with Gasteiger partial charge in [-0.2, -0.15) is 0 Å². The van der Waals surface area contributed by atoms with E-state index in [1.807, 2.05) is 6.92 Å². The van der Waals surface area contributed by atoms with Gasteiger partial charge in [0.1, 0.15) is 5.75 Å². The van der Waals surface area contributed by atoms with E-state index in [2.05, 4.69) is 20.3 Å². The summed E-state index contributed by atoms with van der Waals surface area (Å²) in [6, 6.07) is 13.1. The molecule has 10 nitrogen and oxygen atoms in total. The van der Waals surface area contributed by atoms with Crippen molar-refractivity contribution in [1.29, 1.82) is 0 Å². The van der Waals surface area contributed by atoms with Crippen LogP contribution in [0.4, 0.5) is 10.8 Å². The number of ether oxygens (including phenoxy) is 2. The van der Waals surface area contributed by atoms with Gasteiger partial charge in [0.25, 0.3) is 15.9 Å². The number of hydrogen-bond donors (Lipinski definition) is 1. The van der Waals surface area contributed by atoms with Crippen molar-refractivity contribution in [2.75, 3.05) is 29.0 Å². The van der Waals surface area contributed by atoms with Gasteiger partial charge < -0.3 is 9.47 Å². The molecule has 0 saturated heterocycles. The maximum Gasteiger partial charge on any atom is 0.316 e. The van der Waals surface area contributed by atoms with Crippen LogP contribution in [0.2, 0.25) is 0 Å². The molecule has 0 fully saturated rings.